The van der Waals surface area contributed by atoms with E-state index in [-0.39, 0.29) is 46.9 Å². The Morgan fingerprint density at radius 1 is 0.692 bits per heavy atom. The van der Waals surface area contributed by atoms with Crippen molar-refractivity contribution in [1.82, 2.24) is 4.90 Å². The minimum absolute atomic E-state index is 0. The van der Waals surface area contributed by atoms with Gasteiger partial charge in [-0.05, 0) is 45.0 Å². The normalized spacial score (nSPS) is 10.7. The van der Waals surface area contributed by atoms with E-state index in [9.17, 15) is 29.8 Å². The predicted octanol–water partition coefficient (Wildman–Crippen LogP) is 1.64. The van der Waals surface area contributed by atoms with Crippen LogP contribution in [0.25, 0.3) is 0 Å². The maximum absolute atomic E-state index is 12.2. The molecule has 0 heterocycles. The van der Waals surface area contributed by atoms with Crippen LogP contribution >= 0.6 is 0 Å². The summed E-state index contributed by atoms with van der Waals surface area (Å²) in [4.78, 5) is 46.2. The van der Waals surface area contributed by atoms with Crippen LogP contribution in [0.2, 0.25) is 0 Å². The topological polar surface area (TPSA) is 124 Å². The highest BCUT2D eigenvalue weighted by Crippen LogP contribution is 2.14. The molecule has 2 rings (SSSR count). The van der Waals surface area contributed by atoms with Crippen molar-refractivity contribution < 1.29 is 47.9 Å². The van der Waals surface area contributed by atoms with Crippen LogP contribution in [-0.2, 0) is 22.4 Å². The van der Waals surface area contributed by atoms with Crippen molar-refractivity contribution >= 4 is 22.9 Å². The molecule has 0 unspecified atom stereocenters. The second-order valence-corrected chi connectivity index (χ2v) is 9.19. The van der Waals surface area contributed by atoms with Crippen LogP contribution in [0.1, 0.15) is 45.7 Å². The Hall–Kier alpha value is -2.77. The molecule has 39 heavy (non-hydrogen) atoms. The van der Waals surface area contributed by atoms with Gasteiger partial charge < -0.3 is 28.5 Å². The van der Waals surface area contributed by atoms with E-state index in [2.05, 4.69) is 20.8 Å². The number of carbonyl (C=O) groups is 2. The summed E-state index contributed by atoms with van der Waals surface area (Å²) in [6.45, 7) is 15.8. The van der Waals surface area contributed by atoms with Gasteiger partial charge in [0.1, 0.15) is 6.54 Å². The summed E-state index contributed by atoms with van der Waals surface area (Å²) in [6.07, 6.45) is 0.673. The first-order valence-electron chi connectivity index (χ1n) is 13.1. The van der Waals surface area contributed by atoms with E-state index in [1.165, 1.54) is 24.3 Å². The fraction of sp³-hybridized carbons (Fsp3) is 0.500. The molecule has 0 atom stereocenters. The van der Waals surface area contributed by atoms with Gasteiger partial charge in [-0.15, -0.1) is 0 Å². The fourth-order valence-electron chi connectivity index (χ4n) is 4.12. The average Bonchev–Trinajstić information content (AvgIpc) is 2.91. The summed E-state index contributed by atoms with van der Waals surface area (Å²) < 4.78 is 0.797. The van der Waals surface area contributed by atoms with Crippen molar-refractivity contribution in [2.45, 2.75) is 47.5 Å². The SMILES string of the molecule is CCN(CC)CC(=O)Cc1ccc([N+](=O)[O-])cc1.CC[N+](CC)(CC)CC(=O)Cc1ccc([N+](=O)[O-])cc1.[I-]. The van der Waals surface area contributed by atoms with E-state index >= 15 is 0 Å². The number of halogens is 1. The first-order chi connectivity index (χ1) is 18.0. The lowest BCUT2D eigenvalue weighted by Gasteiger charge is -2.35. The third-order valence-corrected chi connectivity index (χ3v) is 6.92. The maximum Gasteiger partial charge on any atom is 0.269 e. The molecule has 2 aromatic rings. The van der Waals surface area contributed by atoms with Crippen LogP contribution in [-0.4, -0.2) is 76.6 Å². The van der Waals surface area contributed by atoms with Gasteiger partial charge in [-0.25, -0.2) is 0 Å². The van der Waals surface area contributed by atoms with Crippen LogP contribution < -0.4 is 24.0 Å². The van der Waals surface area contributed by atoms with Gasteiger partial charge in [-0.3, -0.25) is 34.7 Å². The number of non-ortho nitro benzene ring substituents is 2. The number of rotatable bonds is 15. The highest BCUT2D eigenvalue weighted by Gasteiger charge is 2.24. The van der Waals surface area contributed by atoms with Gasteiger partial charge >= 0.3 is 0 Å². The number of nitro groups is 2. The van der Waals surface area contributed by atoms with Crippen LogP contribution in [0.5, 0.6) is 0 Å². The Morgan fingerprint density at radius 3 is 1.36 bits per heavy atom. The largest absolute Gasteiger partial charge is 1.00 e. The predicted molar refractivity (Wildman–Crippen MR) is 148 cm³/mol. The molecule has 0 saturated heterocycles. The lowest BCUT2D eigenvalue weighted by Crippen LogP contribution is -3.00. The highest BCUT2D eigenvalue weighted by atomic mass is 127. The lowest BCUT2D eigenvalue weighted by molar-refractivity contribution is -0.915. The van der Waals surface area contributed by atoms with Gasteiger partial charge in [0.05, 0.1) is 36.0 Å². The molecule has 0 aliphatic carbocycles. The number of likely N-dealkylation sites (N-methyl/N-ethyl adjacent to an activating group) is 2. The maximum atomic E-state index is 12.2. The fourth-order valence-corrected chi connectivity index (χ4v) is 4.12. The van der Waals surface area contributed by atoms with Gasteiger partial charge in [0.2, 0.25) is 0 Å². The van der Waals surface area contributed by atoms with Crippen molar-refractivity contribution in [3.63, 3.8) is 0 Å². The third-order valence-electron chi connectivity index (χ3n) is 6.92. The molecule has 216 valence electrons. The van der Waals surface area contributed by atoms with Crippen LogP contribution in [0.4, 0.5) is 11.4 Å². The molecular formula is C28H41IN4O6. The smallest absolute Gasteiger partial charge is 0.269 e. The molecule has 0 aromatic heterocycles. The van der Waals surface area contributed by atoms with Crippen molar-refractivity contribution in [3.05, 3.63) is 79.9 Å². The molecule has 0 aliphatic heterocycles. The second-order valence-electron chi connectivity index (χ2n) is 9.19. The highest BCUT2D eigenvalue weighted by molar-refractivity contribution is 5.83. The number of quaternary nitrogens is 1. The molecule has 0 fully saturated rings. The van der Waals surface area contributed by atoms with Crippen LogP contribution in [0.3, 0.4) is 0 Å². The number of benzene rings is 2. The average molecular weight is 657 g/mol. The van der Waals surface area contributed by atoms with Crippen molar-refractivity contribution in [1.29, 1.82) is 0 Å². The number of nitro benzene ring substituents is 2. The molecular weight excluding hydrogens is 615 g/mol. The number of hydrogen-bond donors (Lipinski definition) is 0. The Labute approximate surface area is 248 Å². The zero-order valence-electron chi connectivity index (χ0n) is 23.6. The number of ketones is 2. The quantitative estimate of drug-likeness (QED) is 0.124. The molecule has 11 heteroatoms. The summed E-state index contributed by atoms with van der Waals surface area (Å²) in [6, 6.07) is 12.4. The Morgan fingerprint density at radius 2 is 1.05 bits per heavy atom. The number of carbonyl (C=O) groups excluding carboxylic acids is 2. The molecule has 2 aromatic carbocycles. The van der Waals surface area contributed by atoms with E-state index < -0.39 is 9.85 Å². The summed E-state index contributed by atoms with van der Waals surface area (Å²) in [5.74, 6) is 0.317. The summed E-state index contributed by atoms with van der Waals surface area (Å²) in [7, 11) is 0. The van der Waals surface area contributed by atoms with Crippen molar-refractivity contribution in [2.24, 2.45) is 0 Å². The van der Waals surface area contributed by atoms with Gasteiger partial charge in [0.15, 0.2) is 11.6 Å². The summed E-state index contributed by atoms with van der Waals surface area (Å²) in [5.41, 5.74) is 1.76. The number of hydrogen-bond acceptors (Lipinski definition) is 7. The van der Waals surface area contributed by atoms with Crippen LogP contribution in [0.15, 0.2) is 48.5 Å². The molecule has 0 spiro atoms. The van der Waals surface area contributed by atoms with E-state index in [1.54, 1.807) is 24.3 Å². The van der Waals surface area contributed by atoms with Gasteiger partial charge in [0, 0.05) is 37.1 Å². The van der Waals surface area contributed by atoms with Crippen molar-refractivity contribution in [3.8, 4) is 0 Å². The number of nitrogens with zero attached hydrogens (tertiary/aromatic N) is 4. The second kappa shape index (κ2) is 18.5. The van der Waals surface area contributed by atoms with Crippen molar-refractivity contribution in [2.75, 3.05) is 45.8 Å². The van der Waals surface area contributed by atoms with Gasteiger partial charge in [-0.2, -0.15) is 0 Å². The molecule has 0 amide bonds. The molecule has 0 radical (unpaired) electrons. The van der Waals surface area contributed by atoms with E-state index in [4.69, 9.17) is 0 Å². The van der Waals surface area contributed by atoms with E-state index in [0.29, 0.717) is 25.9 Å². The standard InChI is InChI=1S/C15H23N2O3.C13H18N2O3.HI/c1-4-17(5-2,6-3)12-15(18)11-13-7-9-14(10-8-13)16(19)20;1-3-14(4-2)10-13(16)9-11-5-7-12(8-6-11)15(17)18;/h7-10H,4-6,11-12H2,1-3H3;5-8H,3-4,9-10H2,1-2H3;1H/q+1;;/p-1. The van der Waals surface area contributed by atoms with Gasteiger partial charge in [0.25, 0.3) is 11.4 Å². The van der Waals surface area contributed by atoms with Crippen LogP contribution in [0, 0.1) is 20.2 Å². The Balaban J connectivity index is 0.000000726. The monoisotopic (exact) mass is 656 g/mol. The lowest BCUT2D eigenvalue weighted by atomic mass is 10.1. The zero-order chi connectivity index (χ0) is 28.7. The Bertz CT molecular complexity index is 1040. The van der Waals surface area contributed by atoms with Gasteiger partial charge in [-0.1, -0.05) is 38.1 Å². The van der Waals surface area contributed by atoms with E-state index in [1.807, 2.05) is 18.7 Å². The van der Waals surface area contributed by atoms with E-state index in [0.717, 1.165) is 48.3 Å². The first-order valence-corrected chi connectivity index (χ1v) is 13.1. The Kier molecular flexibility index (Phi) is 17.2. The third kappa shape index (κ3) is 12.8. The molecule has 0 aliphatic rings. The minimum atomic E-state index is -0.443. The minimum Gasteiger partial charge on any atom is -1.00 e. The summed E-state index contributed by atoms with van der Waals surface area (Å²) >= 11 is 0. The molecule has 10 nitrogen and oxygen atoms in total. The zero-order valence-corrected chi connectivity index (χ0v) is 25.8. The first kappa shape index (κ1) is 36.2. The molecule has 0 bridgehead atoms. The molecule has 0 N–H and O–H groups in total. The summed E-state index contributed by atoms with van der Waals surface area (Å²) in [5, 5.41) is 21.1. The number of Topliss-reactive ketones (excluding diaryl/α,β-unsaturated/α-hetero) is 2. The molecule has 0 saturated carbocycles.